The van der Waals surface area contributed by atoms with Gasteiger partial charge in [0.25, 0.3) is 0 Å². The molecular weight excluding hydrogens is 512 g/mol. The highest BCUT2D eigenvalue weighted by molar-refractivity contribution is 5.76. The normalized spacial score (nSPS) is 14.1. The van der Waals surface area contributed by atoms with E-state index in [1.165, 1.54) is 16.7 Å². The highest BCUT2D eigenvalue weighted by Gasteiger charge is 2.46. The first-order valence-electron chi connectivity index (χ1n) is 13.6. The fourth-order valence-electron chi connectivity index (χ4n) is 4.15. The molecule has 4 aromatic rings. The molecule has 0 spiro atoms. The number of rotatable bonds is 7. The predicted octanol–water partition coefficient (Wildman–Crippen LogP) is 6.25. The van der Waals surface area contributed by atoms with Crippen LogP contribution in [0.2, 0.25) is 0 Å². The number of carbonyl (C=O) groups excluding carboxylic acids is 2. The van der Waals surface area contributed by atoms with Gasteiger partial charge in [-0.15, -0.1) is 0 Å². The van der Waals surface area contributed by atoms with Gasteiger partial charge in [0.2, 0.25) is 0 Å². The molecule has 6 rings (SSSR count). The van der Waals surface area contributed by atoms with Crippen LogP contribution in [0.5, 0.6) is 0 Å². The maximum absolute atomic E-state index is 10.5. The average Bonchev–Trinajstić information content (AvgIpc) is 3.97. The third-order valence-corrected chi connectivity index (χ3v) is 7.11. The summed E-state index contributed by atoms with van der Waals surface area (Å²) in [6, 6.07) is 22.4. The monoisotopic (exact) mass is 546 g/mol. The molecule has 2 saturated carbocycles. The van der Waals surface area contributed by atoms with Crippen molar-refractivity contribution in [3.63, 3.8) is 0 Å². The minimum Gasteiger partial charge on any atom is -0.388 e. The van der Waals surface area contributed by atoms with Gasteiger partial charge in [0.15, 0.2) is 0 Å². The Morgan fingerprint density at radius 1 is 0.927 bits per heavy atom. The molecule has 8 nitrogen and oxygen atoms in total. The summed E-state index contributed by atoms with van der Waals surface area (Å²) in [6.07, 6.45) is 8.97. The van der Waals surface area contributed by atoms with Crippen molar-refractivity contribution in [2.45, 2.75) is 38.0 Å². The third kappa shape index (κ3) is 7.61. The number of aldehydes is 2. The molecule has 2 fully saturated rings. The van der Waals surface area contributed by atoms with Crippen LogP contribution in [0.1, 0.15) is 47.3 Å². The number of pyridine rings is 1. The Kier molecular flexibility index (Phi) is 9.54. The molecule has 0 unspecified atom stereocenters. The van der Waals surface area contributed by atoms with E-state index in [2.05, 4.69) is 81.0 Å². The zero-order valence-corrected chi connectivity index (χ0v) is 23.6. The maximum atomic E-state index is 10.5. The molecule has 0 aliphatic heterocycles. The third-order valence-electron chi connectivity index (χ3n) is 7.11. The summed E-state index contributed by atoms with van der Waals surface area (Å²) < 4.78 is 0. The van der Waals surface area contributed by atoms with Gasteiger partial charge in [0, 0.05) is 49.1 Å². The van der Waals surface area contributed by atoms with Crippen LogP contribution in [0, 0.1) is 24.2 Å². The molecule has 2 heterocycles. The Morgan fingerprint density at radius 3 is 2.32 bits per heavy atom. The number of hydrogen-bond donors (Lipinski definition) is 2. The first-order valence-corrected chi connectivity index (χ1v) is 13.6. The predicted molar refractivity (Wildman–Crippen MR) is 162 cm³/mol. The van der Waals surface area contributed by atoms with Crippen LogP contribution < -0.4 is 10.6 Å². The Hall–Kier alpha value is -4.90. The van der Waals surface area contributed by atoms with Crippen molar-refractivity contribution in [1.29, 1.82) is 5.26 Å². The Morgan fingerprint density at radius 2 is 1.71 bits per heavy atom. The first kappa shape index (κ1) is 29.1. The van der Waals surface area contributed by atoms with Crippen molar-refractivity contribution in [2.75, 3.05) is 24.7 Å². The van der Waals surface area contributed by atoms with Gasteiger partial charge < -0.3 is 15.4 Å². The van der Waals surface area contributed by atoms with Gasteiger partial charge in [-0.1, -0.05) is 24.3 Å². The second kappa shape index (κ2) is 13.4. The highest BCUT2D eigenvalue weighted by Crippen LogP contribution is 2.46. The van der Waals surface area contributed by atoms with E-state index in [0.717, 1.165) is 66.7 Å². The number of hydrogen-bond acceptors (Lipinski definition) is 8. The lowest BCUT2D eigenvalue weighted by Gasteiger charge is -2.11. The average molecular weight is 547 g/mol. The molecule has 0 atom stereocenters. The van der Waals surface area contributed by atoms with E-state index in [4.69, 9.17) is 5.26 Å². The first-order chi connectivity index (χ1) is 19.9. The van der Waals surface area contributed by atoms with E-state index in [1.807, 2.05) is 20.2 Å². The van der Waals surface area contributed by atoms with Gasteiger partial charge in [-0.3, -0.25) is 9.78 Å². The minimum atomic E-state index is -0.390. The minimum absolute atomic E-state index is 0.390. The van der Waals surface area contributed by atoms with Crippen LogP contribution in [0.4, 0.5) is 11.5 Å². The van der Waals surface area contributed by atoms with Crippen LogP contribution in [-0.2, 0) is 10.2 Å². The molecule has 2 aromatic heterocycles. The van der Waals surface area contributed by atoms with Gasteiger partial charge in [0.1, 0.15) is 24.7 Å². The van der Waals surface area contributed by atoms with Crippen molar-refractivity contribution >= 4 is 24.1 Å². The Bertz CT molecular complexity index is 1550. The molecule has 0 bridgehead atoms. The molecule has 2 aromatic carbocycles. The van der Waals surface area contributed by atoms with E-state index >= 15 is 0 Å². The summed E-state index contributed by atoms with van der Waals surface area (Å²) in [5.74, 6) is 1.27. The van der Waals surface area contributed by atoms with Crippen LogP contribution in [-0.4, -0.2) is 41.6 Å². The molecule has 2 N–H and O–H groups in total. The smallest absolute Gasteiger partial charge is 0.150 e. The summed E-state index contributed by atoms with van der Waals surface area (Å²) in [4.78, 5) is 32.7. The van der Waals surface area contributed by atoms with Crippen LogP contribution >= 0.6 is 0 Å². The molecule has 8 heteroatoms. The van der Waals surface area contributed by atoms with Gasteiger partial charge in [-0.2, -0.15) is 5.26 Å². The second-order valence-electron chi connectivity index (χ2n) is 10.2. The molecule has 41 heavy (non-hydrogen) atoms. The Balaban J connectivity index is 0.000000178. The Labute approximate surface area is 240 Å². The zero-order valence-electron chi connectivity index (χ0n) is 23.6. The lowest BCUT2D eigenvalue weighted by atomic mass is 9.97. The largest absolute Gasteiger partial charge is 0.388 e. The van der Waals surface area contributed by atoms with E-state index in [1.54, 1.807) is 24.7 Å². The number of nitrogens with zero attached hydrogens (tertiary/aromatic N) is 4. The zero-order chi connectivity index (χ0) is 29.2. The highest BCUT2D eigenvalue weighted by atomic mass is 16.1. The van der Waals surface area contributed by atoms with E-state index in [-0.39, 0.29) is 5.41 Å². The summed E-state index contributed by atoms with van der Waals surface area (Å²) in [5, 5.41) is 15.1. The van der Waals surface area contributed by atoms with Crippen LogP contribution in [0.15, 0.2) is 73.2 Å². The number of nitrogens with one attached hydrogen (secondary N) is 2. The lowest BCUT2D eigenvalue weighted by Crippen LogP contribution is -2.05. The fourth-order valence-corrected chi connectivity index (χ4v) is 4.15. The molecule has 2 aliphatic carbocycles. The number of aryl methyl sites for hydroxylation is 1. The summed E-state index contributed by atoms with van der Waals surface area (Å²) in [5.41, 5.74) is 7.69. The number of anilines is 2. The van der Waals surface area contributed by atoms with Gasteiger partial charge in [-0.05, 0) is 79.6 Å². The van der Waals surface area contributed by atoms with E-state index in [0.29, 0.717) is 11.5 Å². The molecule has 208 valence electrons. The van der Waals surface area contributed by atoms with Crippen molar-refractivity contribution in [2.24, 2.45) is 5.92 Å². The quantitative estimate of drug-likeness (QED) is 0.261. The second-order valence-corrected chi connectivity index (χ2v) is 10.2. The lowest BCUT2D eigenvalue weighted by molar-refractivity contribution is -0.108. The molecule has 0 saturated heterocycles. The summed E-state index contributed by atoms with van der Waals surface area (Å²) >= 11 is 0. The van der Waals surface area contributed by atoms with Crippen LogP contribution in [0.25, 0.3) is 22.4 Å². The number of aromatic nitrogens is 3. The summed E-state index contributed by atoms with van der Waals surface area (Å²) in [6.45, 7) is 2.13. The van der Waals surface area contributed by atoms with E-state index < -0.39 is 0 Å². The van der Waals surface area contributed by atoms with Crippen LogP contribution in [0.3, 0.4) is 0 Å². The number of carbonyl (C=O) groups is 2. The SMILES string of the molecule is CNc1ccc(C)c(-c2cccc(-c3cc(NC)ncn3)c2)c1.N#CC1(c2cc(C=O)ccn2)CC1.O=CC1CC1. The number of benzene rings is 2. The van der Waals surface area contributed by atoms with Crippen molar-refractivity contribution in [3.8, 4) is 28.5 Å². The van der Waals surface area contributed by atoms with Crippen molar-refractivity contribution in [1.82, 2.24) is 15.0 Å². The molecule has 2 aliphatic rings. The van der Waals surface area contributed by atoms with Crippen molar-refractivity contribution in [3.05, 3.63) is 90.0 Å². The summed E-state index contributed by atoms with van der Waals surface area (Å²) in [7, 11) is 3.79. The number of nitriles is 1. The van der Waals surface area contributed by atoms with Gasteiger partial charge in [0.05, 0.1) is 22.9 Å². The standard InChI is InChI=1S/C19H20N4.C10H8N2O.C4H6O/c1-13-7-8-16(20-2)10-17(13)14-5-4-6-15(9-14)18-11-19(21-3)23-12-22-18;11-7-10(2-3-10)9-5-8(6-13)1-4-12-9;5-3-4-1-2-4/h4-12,20H,1-3H3,(H,21,22,23);1,4-6H,2-3H2;3-4H,1-2H2. The molecule has 0 radical (unpaired) electrons. The van der Waals surface area contributed by atoms with Gasteiger partial charge >= 0.3 is 0 Å². The molecular formula is C33H34N6O2. The van der Waals surface area contributed by atoms with Crippen molar-refractivity contribution < 1.29 is 9.59 Å². The molecule has 0 amide bonds. The fraction of sp³-hybridized carbons (Fsp3) is 0.273. The van der Waals surface area contributed by atoms with E-state index in [9.17, 15) is 9.59 Å². The van der Waals surface area contributed by atoms with Gasteiger partial charge in [-0.25, -0.2) is 9.97 Å². The maximum Gasteiger partial charge on any atom is 0.150 e. The topological polar surface area (TPSA) is 121 Å².